The van der Waals surface area contributed by atoms with Crippen LogP contribution in [0.2, 0.25) is 5.02 Å². The van der Waals surface area contributed by atoms with Crippen molar-refractivity contribution in [3.05, 3.63) is 33.8 Å². The van der Waals surface area contributed by atoms with E-state index in [4.69, 9.17) is 22.6 Å². The van der Waals surface area contributed by atoms with Crippen LogP contribution >= 0.6 is 11.6 Å². The van der Waals surface area contributed by atoms with Crippen molar-refractivity contribution >= 4 is 11.6 Å². The number of hydrogen-bond acceptors (Lipinski definition) is 2. The first-order chi connectivity index (χ1) is 5.69. The fourth-order valence-corrected chi connectivity index (χ4v) is 1.29. The van der Waals surface area contributed by atoms with Crippen molar-refractivity contribution in [2.24, 2.45) is 5.73 Å². The lowest BCUT2D eigenvalue weighted by Gasteiger charge is -2.03. The van der Waals surface area contributed by atoms with E-state index in [1.807, 2.05) is 6.92 Å². The average molecular weight is 181 g/mol. The van der Waals surface area contributed by atoms with Gasteiger partial charge in [-0.25, -0.2) is 0 Å². The third-order valence-corrected chi connectivity index (χ3v) is 2.09. The van der Waals surface area contributed by atoms with Gasteiger partial charge in [0.05, 0.1) is 11.6 Å². The summed E-state index contributed by atoms with van der Waals surface area (Å²) in [6, 6.07) is 5.58. The van der Waals surface area contributed by atoms with Crippen LogP contribution in [0, 0.1) is 18.3 Å². The molecule has 0 aromatic heterocycles. The van der Waals surface area contributed by atoms with Gasteiger partial charge >= 0.3 is 0 Å². The van der Waals surface area contributed by atoms with Gasteiger partial charge in [-0.15, -0.1) is 0 Å². The van der Waals surface area contributed by atoms with Gasteiger partial charge in [0, 0.05) is 11.6 Å². The Balaban J connectivity index is 3.30. The fourth-order valence-electron chi connectivity index (χ4n) is 0.994. The van der Waals surface area contributed by atoms with E-state index in [0.29, 0.717) is 17.1 Å². The molecule has 0 amide bonds. The highest BCUT2D eigenvalue weighted by Gasteiger charge is 2.03. The maximum Gasteiger partial charge on any atom is 0.0994 e. The summed E-state index contributed by atoms with van der Waals surface area (Å²) < 4.78 is 0. The molecule has 0 saturated carbocycles. The van der Waals surface area contributed by atoms with Crippen molar-refractivity contribution in [2.75, 3.05) is 0 Å². The van der Waals surface area contributed by atoms with Crippen molar-refractivity contribution in [2.45, 2.75) is 13.5 Å². The Bertz CT molecular complexity index is 339. The molecule has 0 fully saturated rings. The number of benzene rings is 1. The smallest absolute Gasteiger partial charge is 0.0994 e. The quantitative estimate of drug-likeness (QED) is 0.719. The van der Waals surface area contributed by atoms with E-state index in [9.17, 15) is 0 Å². The molecular formula is C9H9ClN2. The lowest BCUT2D eigenvalue weighted by molar-refractivity contribution is 1.07. The highest BCUT2D eigenvalue weighted by Crippen LogP contribution is 2.20. The summed E-state index contributed by atoms with van der Waals surface area (Å²) in [5.41, 5.74) is 7.78. The molecule has 0 spiro atoms. The predicted molar refractivity (Wildman–Crippen MR) is 48.8 cm³/mol. The number of nitrogens with zero attached hydrogens (tertiary/aromatic N) is 1. The maximum atomic E-state index is 8.70. The summed E-state index contributed by atoms with van der Waals surface area (Å²) in [5.74, 6) is 0. The second-order valence-corrected chi connectivity index (χ2v) is 2.98. The molecule has 0 radical (unpaired) electrons. The van der Waals surface area contributed by atoms with Gasteiger partial charge in [0.25, 0.3) is 0 Å². The average Bonchev–Trinajstić information content (AvgIpc) is 2.05. The first kappa shape index (κ1) is 9.05. The van der Waals surface area contributed by atoms with Crippen LogP contribution in [-0.2, 0) is 6.54 Å². The Morgan fingerprint density at radius 1 is 1.58 bits per heavy atom. The Kier molecular flexibility index (Phi) is 2.69. The number of aryl methyl sites for hydroxylation is 1. The molecule has 0 aliphatic rings. The summed E-state index contributed by atoms with van der Waals surface area (Å²) in [7, 11) is 0. The van der Waals surface area contributed by atoms with Crippen LogP contribution in [0.4, 0.5) is 0 Å². The van der Waals surface area contributed by atoms with Crippen molar-refractivity contribution in [1.82, 2.24) is 0 Å². The van der Waals surface area contributed by atoms with Gasteiger partial charge in [-0.3, -0.25) is 0 Å². The van der Waals surface area contributed by atoms with Crippen molar-refractivity contribution in [3.8, 4) is 6.07 Å². The molecular weight excluding hydrogens is 172 g/mol. The minimum absolute atomic E-state index is 0.369. The van der Waals surface area contributed by atoms with E-state index in [1.54, 1.807) is 12.1 Å². The van der Waals surface area contributed by atoms with Gasteiger partial charge in [0.1, 0.15) is 0 Å². The molecule has 2 N–H and O–H groups in total. The molecule has 1 rings (SSSR count). The molecule has 0 aliphatic carbocycles. The zero-order valence-corrected chi connectivity index (χ0v) is 7.52. The number of hydrogen-bond donors (Lipinski definition) is 1. The van der Waals surface area contributed by atoms with Crippen molar-refractivity contribution in [1.29, 1.82) is 5.26 Å². The summed E-state index contributed by atoms with van der Waals surface area (Å²) in [6.07, 6.45) is 0. The topological polar surface area (TPSA) is 49.8 Å². The third kappa shape index (κ3) is 1.58. The zero-order valence-electron chi connectivity index (χ0n) is 6.76. The molecule has 1 aromatic rings. The largest absolute Gasteiger partial charge is 0.326 e. The molecule has 0 bridgehead atoms. The number of rotatable bonds is 1. The van der Waals surface area contributed by atoms with E-state index >= 15 is 0 Å². The van der Waals surface area contributed by atoms with Gasteiger partial charge in [-0.1, -0.05) is 11.6 Å². The lowest BCUT2D eigenvalue weighted by atomic mass is 10.1. The van der Waals surface area contributed by atoms with Gasteiger partial charge in [-0.2, -0.15) is 5.26 Å². The van der Waals surface area contributed by atoms with Gasteiger partial charge < -0.3 is 5.73 Å². The van der Waals surface area contributed by atoms with E-state index in [-0.39, 0.29) is 0 Å². The van der Waals surface area contributed by atoms with Gasteiger partial charge in [-0.05, 0) is 30.2 Å². The molecule has 3 heteroatoms. The number of halogens is 1. The Morgan fingerprint density at radius 2 is 2.25 bits per heavy atom. The zero-order chi connectivity index (χ0) is 9.14. The molecule has 0 saturated heterocycles. The lowest BCUT2D eigenvalue weighted by Crippen LogP contribution is -1.98. The van der Waals surface area contributed by atoms with E-state index in [1.165, 1.54) is 0 Å². The fraction of sp³-hybridized carbons (Fsp3) is 0.222. The highest BCUT2D eigenvalue weighted by atomic mass is 35.5. The minimum Gasteiger partial charge on any atom is -0.326 e. The molecule has 12 heavy (non-hydrogen) atoms. The highest BCUT2D eigenvalue weighted by molar-refractivity contribution is 6.31. The Hall–Kier alpha value is -1.04. The van der Waals surface area contributed by atoms with Crippen LogP contribution in [0.5, 0.6) is 0 Å². The van der Waals surface area contributed by atoms with E-state index in [2.05, 4.69) is 6.07 Å². The molecule has 0 heterocycles. The molecule has 0 atom stereocenters. The summed E-state index contributed by atoms with van der Waals surface area (Å²) in [5, 5.41) is 9.33. The standard InChI is InChI=1S/C9H9ClN2/c1-6-2-9(10)8(5-12)3-7(6)4-11/h2-3H,5,12H2,1H3. The Labute approximate surface area is 76.6 Å². The van der Waals surface area contributed by atoms with Crippen LogP contribution in [0.25, 0.3) is 0 Å². The van der Waals surface area contributed by atoms with E-state index < -0.39 is 0 Å². The summed E-state index contributed by atoms with van der Waals surface area (Å²) in [4.78, 5) is 0. The molecule has 0 unspecified atom stereocenters. The van der Waals surface area contributed by atoms with Crippen molar-refractivity contribution in [3.63, 3.8) is 0 Å². The first-order valence-electron chi connectivity index (χ1n) is 3.58. The SMILES string of the molecule is Cc1cc(Cl)c(CN)cc1C#N. The van der Waals surface area contributed by atoms with Crippen LogP contribution in [-0.4, -0.2) is 0 Å². The van der Waals surface area contributed by atoms with Gasteiger partial charge in [0.15, 0.2) is 0 Å². The molecule has 1 aromatic carbocycles. The summed E-state index contributed by atoms with van der Waals surface area (Å²) in [6.45, 7) is 2.22. The second-order valence-electron chi connectivity index (χ2n) is 2.57. The van der Waals surface area contributed by atoms with Gasteiger partial charge in [0.2, 0.25) is 0 Å². The minimum atomic E-state index is 0.369. The normalized spacial score (nSPS) is 9.50. The van der Waals surface area contributed by atoms with Crippen LogP contribution < -0.4 is 5.73 Å². The first-order valence-corrected chi connectivity index (χ1v) is 3.96. The molecule has 62 valence electrons. The van der Waals surface area contributed by atoms with Crippen LogP contribution in [0.1, 0.15) is 16.7 Å². The Morgan fingerprint density at radius 3 is 2.75 bits per heavy atom. The predicted octanol–water partition coefficient (Wildman–Crippen LogP) is 1.98. The third-order valence-electron chi connectivity index (χ3n) is 1.73. The maximum absolute atomic E-state index is 8.70. The number of nitriles is 1. The van der Waals surface area contributed by atoms with E-state index in [0.717, 1.165) is 11.1 Å². The van der Waals surface area contributed by atoms with Crippen LogP contribution in [0.15, 0.2) is 12.1 Å². The second kappa shape index (κ2) is 3.57. The number of nitrogens with two attached hydrogens (primary N) is 1. The molecule has 2 nitrogen and oxygen atoms in total. The van der Waals surface area contributed by atoms with Crippen LogP contribution in [0.3, 0.4) is 0 Å². The van der Waals surface area contributed by atoms with Crippen molar-refractivity contribution < 1.29 is 0 Å². The summed E-state index contributed by atoms with van der Waals surface area (Å²) >= 11 is 5.87. The monoisotopic (exact) mass is 180 g/mol. The molecule has 0 aliphatic heterocycles.